The minimum atomic E-state index is -7.92. The second-order valence-corrected chi connectivity index (χ2v) is 13.8. The Bertz CT molecular complexity index is 1580. The zero-order chi connectivity index (χ0) is 34.0. The summed E-state index contributed by atoms with van der Waals surface area (Å²) >= 11 is 0. The van der Waals surface area contributed by atoms with Gasteiger partial charge in [-0.3, -0.25) is 0 Å². The van der Waals surface area contributed by atoms with E-state index in [0.29, 0.717) is 5.75 Å². The lowest BCUT2D eigenvalue weighted by atomic mass is 10.1. The van der Waals surface area contributed by atoms with Gasteiger partial charge in [0.2, 0.25) is 0 Å². The number of benzene rings is 3. The molecular formula is C23H16F12NO5S3+. The van der Waals surface area contributed by atoms with E-state index in [2.05, 4.69) is 48.5 Å². The molecule has 0 aliphatic rings. The molecule has 0 aromatic heterocycles. The van der Waals surface area contributed by atoms with Crippen LogP contribution in [-0.4, -0.2) is 50.7 Å². The predicted octanol–water partition coefficient (Wildman–Crippen LogP) is 6.67. The number of hydrogen-bond donors (Lipinski definition) is 2. The Kier molecular flexibility index (Phi) is 10.7. The summed E-state index contributed by atoms with van der Waals surface area (Å²) < 4.78 is 187. The number of alkyl halides is 12. The Morgan fingerprint density at radius 1 is 0.523 bits per heavy atom. The number of hydrogen-bond acceptors (Lipinski definition) is 5. The van der Waals surface area contributed by atoms with E-state index in [4.69, 9.17) is 0 Å². The lowest BCUT2D eigenvalue weighted by molar-refractivity contribution is -0.382. The van der Waals surface area contributed by atoms with E-state index < -0.39 is 53.0 Å². The van der Waals surface area contributed by atoms with Crippen LogP contribution < -0.4 is 4.13 Å². The second kappa shape index (κ2) is 12.7. The zero-order valence-corrected chi connectivity index (χ0v) is 23.4. The van der Waals surface area contributed by atoms with Crippen molar-refractivity contribution < 1.29 is 74.6 Å². The van der Waals surface area contributed by atoms with E-state index in [1.54, 1.807) is 12.1 Å². The van der Waals surface area contributed by atoms with Crippen LogP contribution in [0.3, 0.4) is 0 Å². The van der Waals surface area contributed by atoms with Gasteiger partial charge in [0, 0.05) is 0 Å². The number of sulfonamides is 2. The molecule has 3 aromatic rings. The molecule has 0 heterocycles. The highest BCUT2D eigenvalue weighted by Gasteiger charge is 2.85. The fraction of sp³-hybridized carbons (Fsp3) is 0.217. The molecule has 3 aromatic carbocycles. The number of nitrogens with one attached hydrogen (secondary N) is 1. The van der Waals surface area contributed by atoms with Crippen molar-refractivity contribution in [2.45, 2.75) is 43.5 Å². The van der Waals surface area contributed by atoms with E-state index >= 15 is 0 Å². The molecule has 44 heavy (non-hydrogen) atoms. The lowest BCUT2D eigenvalue weighted by Crippen LogP contribution is -2.65. The number of rotatable bonds is 8. The van der Waals surface area contributed by atoms with Crippen LogP contribution in [0, 0.1) is 0 Å². The van der Waals surface area contributed by atoms with Gasteiger partial charge in [-0.1, -0.05) is 40.5 Å². The highest BCUT2D eigenvalue weighted by molar-refractivity contribution is 8.05. The zero-order valence-electron chi connectivity index (χ0n) is 20.9. The van der Waals surface area contributed by atoms with Crippen molar-refractivity contribution >= 4 is 30.9 Å². The van der Waals surface area contributed by atoms with E-state index in [1.807, 2.05) is 24.3 Å². The molecule has 0 fully saturated rings. The number of aromatic hydroxyl groups is 1. The smallest absolute Gasteiger partial charge is 0.508 e. The van der Waals surface area contributed by atoms with Crippen molar-refractivity contribution in [2.75, 3.05) is 0 Å². The van der Waals surface area contributed by atoms with Gasteiger partial charge < -0.3 is 5.11 Å². The van der Waals surface area contributed by atoms with Crippen molar-refractivity contribution in [1.29, 1.82) is 0 Å². The Labute approximate surface area is 243 Å². The maximum Gasteiger partial charge on any atom is 0.512 e. The number of phenols is 1. The molecule has 0 spiro atoms. The lowest BCUT2D eigenvalue weighted by Gasteiger charge is -2.32. The molecule has 0 atom stereocenters. The van der Waals surface area contributed by atoms with Gasteiger partial charge in [0.05, 0.1) is 10.9 Å². The van der Waals surface area contributed by atoms with Gasteiger partial charge in [-0.2, -0.15) is 52.7 Å². The SMILES string of the molecule is O=S(=O)(NS(=O)(=O)C(F)(F)C(F)(F)C(F)(F)C(F)(F)F)C(F)(F)F.Oc1ccc([S+](c2ccccc2)c2ccccc2)cc1. The highest BCUT2D eigenvalue weighted by atomic mass is 32.3. The van der Waals surface area contributed by atoms with Crippen LogP contribution in [0.15, 0.2) is 99.6 Å². The molecule has 0 saturated heterocycles. The van der Waals surface area contributed by atoms with Gasteiger partial charge in [0.1, 0.15) is 5.75 Å². The first-order valence-corrected chi connectivity index (χ1v) is 15.2. The third-order valence-electron chi connectivity index (χ3n) is 5.01. The predicted molar refractivity (Wildman–Crippen MR) is 131 cm³/mol. The Morgan fingerprint density at radius 3 is 1.23 bits per heavy atom. The molecule has 0 bridgehead atoms. The maximum atomic E-state index is 12.9. The molecule has 244 valence electrons. The topological polar surface area (TPSA) is 101 Å². The molecule has 0 saturated carbocycles. The average Bonchev–Trinajstić information content (AvgIpc) is 2.89. The first kappa shape index (κ1) is 37.0. The van der Waals surface area contributed by atoms with Crippen LogP contribution in [0.5, 0.6) is 5.75 Å². The van der Waals surface area contributed by atoms with Crippen LogP contribution in [0.2, 0.25) is 0 Å². The molecule has 0 unspecified atom stereocenters. The molecule has 6 nitrogen and oxygen atoms in total. The molecule has 0 aliphatic heterocycles. The normalized spacial score (nSPS) is 13.8. The van der Waals surface area contributed by atoms with Crippen LogP contribution in [0.25, 0.3) is 0 Å². The van der Waals surface area contributed by atoms with Gasteiger partial charge in [-0.15, -0.1) is 0 Å². The van der Waals surface area contributed by atoms with Crippen molar-refractivity contribution in [3.8, 4) is 5.75 Å². The van der Waals surface area contributed by atoms with Crippen molar-refractivity contribution in [2.24, 2.45) is 0 Å². The van der Waals surface area contributed by atoms with Crippen LogP contribution in [0.1, 0.15) is 0 Å². The molecule has 2 N–H and O–H groups in total. The minimum Gasteiger partial charge on any atom is -0.508 e. The maximum absolute atomic E-state index is 12.9. The summed E-state index contributed by atoms with van der Waals surface area (Å²) in [5.74, 6) is -15.3. The summed E-state index contributed by atoms with van der Waals surface area (Å²) in [5, 5.41) is 1.87. The summed E-state index contributed by atoms with van der Waals surface area (Å²) in [6.07, 6.45) is -7.46. The monoisotopic (exact) mass is 710 g/mol. The molecule has 0 aliphatic carbocycles. The third-order valence-corrected chi connectivity index (χ3v) is 10.5. The summed E-state index contributed by atoms with van der Waals surface area (Å²) in [5.41, 5.74) is -6.70. The quantitative estimate of drug-likeness (QED) is 0.201. The first-order valence-electron chi connectivity index (χ1n) is 11.0. The summed E-state index contributed by atoms with van der Waals surface area (Å²) in [7, 11) is -15.4. The van der Waals surface area contributed by atoms with Gasteiger partial charge in [0.25, 0.3) is 10.0 Å². The van der Waals surface area contributed by atoms with Crippen LogP contribution in [0.4, 0.5) is 52.7 Å². The van der Waals surface area contributed by atoms with Gasteiger partial charge >= 0.3 is 38.8 Å². The molecule has 0 radical (unpaired) electrons. The fourth-order valence-electron chi connectivity index (χ4n) is 2.88. The number of halogens is 12. The summed E-state index contributed by atoms with van der Waals surface area (Å²) in [6, 6.07) is 28.5. The van der Waals surface area contributed by atoms with Crippen LogP contribution >= 0.6 is 0 Å². The largest absolute Gasteiger partial charge is 0.512 e. The molecule has 3 rings (SSSR count). The second-order valence-electron chi connectivity index (χ2n) is 8.13. The van der Waals surface area contributed by atoms with Crippen molar-refractivity contribution in [3.63, 3.8) is 0 Å². The van der Waals surface area contributed by atoms with Crippen molar-refractivity contribution in [1.82, 2.24) is 4.13 Å². The van der Waals surface area contributed by atoms with E-state index in [0.717, 1.165) is 0 Å². The average molecular weight is 711 g/mol. The highest BCUT2D eigenvalue weighted by Crippen LogP contribution is 2.54. The third kappa shape index (κ3) is 7.54. The standard InChI is InChI=1S/C18H14OS.C5HF12NO4S2/c19-15-11-13-18(14-12-15)20(16-7-3-1-4-8-16)17-9-5-2-6-10-17;6-1(7,3(10,11)12)2(8,9)4(13,14)23(19,20)18-24(21,22)5(15,16)17/h1-14H;18H/p+1. The summed E-state index contributed by atoms with van der Waals surface area (Å²) in [6.45, 7) is 0. The molecule has 21 heteroatoms. The van der Waals surface area contributed by atoms with E-state index in [-0.39, 0.29) is 10.9 Å². The van der Waals surface area contributed by atoms with Crippen molar-refractivity contribution in [3.05, 3.63) is 84.9 Å². The van der Waals surface area contributed by atoms with E-state index in [9.17, 15) is 74.6 Å². The van der Waals surface area contributed by atoms with E-state index in [1.165, 1.54) is 14.7 Å². The fourth-order valence-corrected chi connectivity index (χ4v) is 7.38. The Balaban J connectivity index is 0.000000310. The van der Waals surface area contributed by atoms with Gasteiger partial charge in [0.15, 0.2) is 14.7 Å². The summed E-state index contributed by atoms with van der Waals surface area (Å²) in [4.78, 5) is 3.77. The van der Waals surface area contributed by atoms with Gasteiger partial charge in [-0.05, 0) is 48.5 Å². The first-order chi connectivity index (χ1) is 19.8. The van der Waals surface area contributed by atoms with Crippen LogP contribution in [-0.2, 0) is 30.9 Å². The minimum absolute atomic E-state index is 0.134. The molecule has 0 amide bonds. The van der Waals surface area contributed by atoms with Gasteiger partial charge in [-0.25, -0.2) is 16.8 Å². The Hall–Kier alpha value is -3.17. The number of phenolic OH excluding ortho intramolecular Hbond substituents is 1. The molecular weight excluding hydrogens is 694 g/mol. The Morgan fingerprint density at radius 2 is 0.886 bits per heavy atom.